The smallest absolute Gasteiger partial charge is 0.124 e. The zero-order chi connectivity index (χ0) is 15.3. The average molecular weight is 299 g/mol. The van der Waals surface area contributed by atoms with E-state index in [9.17, 15) is 0 Å². The van der Waals surface area contributed by atoms with Crippen molar-refractivity contribution in [1.29, 1.82) is 0 Å². The molecule has 2 nitrogen and oxygen atoms in total. The van der Waals surface area contributed by atoms with Crippen molar-refractivity contribution in [2.75, 3.05) is 6.54 Å². The van der Waals surface area contributed by atoms with Gasteiger partial charge in [0.25, 0.3) is 0 Å². The van der Waals surface area contributed by atoms with Gasteiger partial charge in [0.2, 0.25) is 0 Å². The van der Waals surface area contributed by atoms with Crippen molar-refractivity contribution in [1.82, 2.24) is 0 Å². The van der Waals surface area contributed by atoms with Gasteiger partial charge in [-0.1, -0.05) is 44.7 Å². The van der Waals surface area contributed by atoms with Gasteiger partial charge < -0.3 is 10.5 Å². The molecule has 0 fully saturated rings. The summed E-state index contributed by atoms with van der Waals surface area (Å²) in [5.74, 6) is 6.84. The Hall–Kier alpha value is -1.76. The summed E-state index contributed by atoms with van der Waals surface area (Å²) in [5, 5.41) is 2.03. The van der Waals surface area contributed by atoms with Gasteiger partial charge in [-0.15, -0.1) is 11.3 Å². The van der Waals surface area contributed by atoms with E-state index in [2.05, 4.69) is 44.7 Å². The summed E-state index contributed by atoms with van der Waals surface area (Å²) < 4.78 is 5.85. The molecule has 2 aromatic rings. The highest BCUT2D eigenvalue weighted by Crippen LogP contribution is 2.25. The molecule has 0 aliphatic heterocycles. The van der Waals surface area contributed by atoms with E-state index in [0.717, 1.165) is 16.2 Å². The Morgan fingerprint density at radius 3 is 2.48 bits per heavy atom. The van der Waals surface area contributed by atoms with E-state index in [1.807, 2.05) is 23.6 Å². The molecule has 0 unspecified atom stereocenters. The summed E-state index contributed by atoms with van der Waals surface area (Å²) in [6, 6.07) is 10.3. The number of nitrogens with two attached hydrogens (primary N) is 1. The summed E-state index contributed by atoms with van der Waals surface area (Å²) in [6.45, 7) is 7.54. The second kappa shape index (κ2) is 6.80. The molecule has 0 amide bonds. The average Bonchev–Trinajstić information content (AvgIpc) is 2.90. The first-order valence-corrected chi connectivity index (χ1v) is 7.87. The first kappa shape index (κ1) is 15.6. The van der Waals surface area contributed by atoms with E-state index >= 15 is 0 Å². The molecule has 0 saturated heterocycles. The zero-order valence-electron chi connectivity index (χ0n) is 12.8. The quantitative estimate of drug-likeness (QED) is 0.871. The SMILES string of the molecule is CC(C)(C)c1ccc(OCc2sccc2C#CCN)cc1. The standard InChI is InChI=1S/C18H21NOS/c1-18(2,3)15-6-8-16(9-7-15)20-13-17-14(5-4-11-19)10-12-21-17/h6-10,12H,11,13,19H2,1-3H3. The number of hydrogen-bond acceptors (Lipinski definition) is 3. The van der Waals surface area contributed by atoms with E-state index in [-0.39, 0.29) is 5.41 Å². The minimum Gasteiger partial charge on any atom is -0.488 e. The number of rotatable bonds is 3. The van der Waals surface area contributed by atoms with Crippen molar-refractivity contribution in [3.05, 3.63) is 51.7 Å². The second-order valence-corrected chi connectivity index (χ2v) is 6.83. The van der Waals surface area contributed by atoms with E-state index in [0.29, 0.717) is 13.2 Å². The molecule has 0 spiro atoms. The van der Waals surface area contributed by atoms with Crippen LogP contribution < -0.4 is 10.5 Å². The Balaban J connectivity index is 2.02. The van der Waals surface area contributed by atoms with Gasteiger partial charge in [0.15, 0.2) is 0 Å². The third kappa shape index (κ3) is 4.35. The Morgan fingerprint density at radius 1 is 1.14 bits per heavy atom. The number of benzene rings is 1. The van der Waals surface area contributed by atoms with Gasteiger partial charge in [0.1, 0.15) is 12.4 Å². The van der Waals surface area contributed by atoms with Crippen LogP contribution in [0.25, 0.3) is 0 Å². The van der Waals surface area contributed by atoms with Crippen LogP contribution in [0.15, 0.2) is 35.7 Å². The topological polar surface area (TPSA) is 35.2 Å². The summed E-state index contributed by atoms with van der Waals surface area (Å²) in [6.07, 6.45) is 0. The van der Waals surface area contributed by atoms with Crippen molar-refractivity contribution in [3.63, 3.8) is 0 Å². The van der Waals surface area contributed by atoms with Crippen molar-refractivity contribution >= 4 is 11.3 Å². The Morgan fingerprint density at radius 2 is 1.86 bits per heavy atom. The van der Waals surface area contributed by atoms with Gasteiger partial charge in [-0.2, -0.15) is 0 Å². The highest BCUT2D eigenvalue weighted by Gasteiger charge is 2.13. The van der Waals surface area contributed by atoms with Gasteiger partial charge >= 0.3 is 0 Å². The fraction of sp³-hybridized carbons (Fsp3) is 0.333. The minimum atomic E-state index is 0.164. The molecule has 0 atom stereocenters. The molecule has 21 heavy (non-hydrogen) atoms. The normalized spacial score (nSPS) is 10.9. The van der Waals surface area contributed by atoms with Crippen molar-refractivity contribution < 1.29 is 4.74 Å². The van der Waals surface area contributed by atoms with Crippen LogP contribution in [0.3, 0.4) is 0 Å². The first-order valence-electron chi connectivity index (χ1n) is 6.99. The number of thiophene rings is 1. The van der Waals surface area contributed by atoms with Gasteiger partial charge in [0, 0.05) is 5.56 Å². The van der Waals surface area contributed by atoms with Gasteiger partial charge in [-0.3, -0.25) is 0 Å². The Bertz CT molecular complexity index is 638. The maximum atomic E-state index is 5.85. The minimum absolute atomic E-state index is 0.164. The maximum absolute atomic E-state index is 5.85. The summed E-state index contributed by atoms with van der Waals surface area (Å²) >= 11 is 1.66. The highest BCUT2D eigenvalue weighted by molar-refractivity contribution is 7.10. The lowest BCUT2D eigenvalue weighted by atomic mass is 9.87. The molecule has 0 aliphatic carbocycles. The van der Waals surface area contributed by atoms with Crippen LogP contribution in [0.2, 0.25) is 0 Å². The molecule has 110 valence electrons. The molecule has 1 aromatic carbocycles. The van der Waals surface area contributed by atoms with Crippen LogP contribution in [0.4, 0.5) is 0 Å². The predicted octanol–water partition coefficient (Wildman–Crippen LogP) is 3.93. The van der Waals surface area contributed by atoms with Gasteiger partial charge in [-0.25, -0.2) is 0 Å². The fourth-order valence-electron chi connectivity index (χ4n) is 1.91. The lowest BCUT2D eigenvalue weighted by molar-refractivity contribution is 0.309. The molecule has 3 heteroatoms. The largest absolute Gasteiger partial charge is 0.488 e. The molecule has 0 bridgehead atoms. The second-order valence-electron chi connectivity index (χ2n) is 5.83. The van der Waals surface area contributed by atoms with Gasteiger partial charge in [0.05, 0.1) is 11.4 Å². The molecule has 0 aliphatic rings. The first-order chi connectivity index (χ1) is 10.0. The van der Waals surface area contributed by atoms with Gasteiger partial charge in [-0.05, 0) is 34.6 Å². The summed E-state index contributed by atoms with van der Waals surface area (Å²) in [7, 11) is 0. The van der Waals surface area contributed by atoms with Crippen LogP contribution in [0, 0.1) is 11.8 Å². The van der Waals surface area contributed by atoms with Crippen LogP contribution in [-0.4, -0.2) is 6.54 Å². The molecule has 2 N–H and O–H groups in total. The van der Waals surface area contributed by atoms with E-state index in [1.54, 1.807) is 11.3 Å². The van der Waals surface area contributed by atoms with Crippen molar-refractivity contribution in [3.8, 4) is 17.6 Å². The highest BCUT2D eigenvalue weighted by atomic mass is 32.1. The molecular formula is C18H21NOS. The molecule has 1 aromatic heterocycles. The zero-order valence-corrected chi connectivity index (χ0v) is 13.6. The third-order valence-corrected chi connectivity index (χ3v) is 4.06. The monoisotopic (exact) mass is 299 g/mol. The Kier molecular flexibility index (Phi) is 5.06. The van der Waals surface area contributed by atoms with E-state index in [4.69, 9.17) is 10.5 Å². The predicted molar refractivity (Wildman–Crippen MR) is 89.7 cm³/mol. The van der Waals surface area contributed by atoms with Crippen LogP contribution in [0.5, 0.6) is 5.75 Å². The maximum Gasteiger partial charge on any atom is 0.124 e. The third-order valence-electron chi connectivity index (χ3n) is 3.16. The fourth-order valence-corrected chi connectivity index (χ4v) is 2.65. The molecule has 0 radical (unpaired) electrons. The summed E-state index contributed by atoms with van der Waals surface area (Å²) in [4.78, 5) is 1.14. The molecule has 2 rings (SSSR count). The number of hydrogen-bond donors (Lipinski definition) is 1. The molecule has 1 heterocycles. The van der Waals surface area contributed by atoms with Crippen molar-refractivity contribution in [2.45, 2.75) is 32.8 Å². The van der Waals surface area contributed by atoms with E-state index in [1.165, 1.54) is 5.56 Å². The number of ether oxygens (including phenoxy) is 1. The van der Waals surface area contributed by atoms with Crippen LogP contribution >= 0.6 is 11.3 Å². The van der Waals surface area contributed by atoms with E-state index < -0.39 is 0 Å². The lowest BCUT2D eigenvalue weighted by Crippen LogP contribution is -2.10. The molecular weight excluding hydrogens is 278 g/mol. The Labute approximate surface area is 131 Å². The van der Waals surface area contributed by atoms with Crippen LogP contribution in [0.1, 0.15) is 36.8 Å². The van der Waals surface area contributed by atoms with Crippen molar-refractivity contribution in [2.24, 2.45) is 5.73 Å². The van der Waals surface area contributed by atoms with Crippen LogP contribution in [-0.2, 0) is 12.0 Å². The molecule has 0 saturated carbocycles. The lowest BCUT2D eigenvalue weighted by Gasteiger charge is -2.19. The summed E-state index contributed by atoms with van der Waals surface area (Å²) in [5.41, 5.74) is 7.89.